The smallest absolute Gasteiger partial charge is 0.246 e. The van der Waals surface area contributed by atoms with E-state index in [0.29, 0.717) is 30.9 Å². The summed E-state index contributed by atoms with van der Waals surface area (Å²) in [5, 5.41) is 0. The fraction of sp³-hybridized carbons (Fsp3) is 0.333. The molecule has 5 nitrogen and oxygen atoms in total. The highest BCUT2D eigenvalue weighted by Crippen LogP contribution is 2.41. The number of sulfonamides is 1. The van der Waals surface area contributed by atoms with E-state index in [-0.39, 0.29) is 4.90 Å². The molecule has 1 aliphatic rings. The maximum atomic E-state index is 14.1. The molecule has 1 unspecified atom stereocenters. The molecule has 0 aliphatic carbocycles. The number of hydrogen-bond donors (Lipinski definition) is 0. The molecule has 0 radical (unpaired) electrons. The Kier molecular flexibility index (Phi) is 4.96. The summed E-state index contributed by atoms with van der Waals surface area (Å²) in [6.45, 7) is 0.335. The van der Waals surface area contributed by atoms with E-state index in [1.807, 2.05) is 0 Å². The van der Waals surface area contributed by atoms with E-state index in [2.05, 4.69) is 0 Å². The average Bonchev–Trinajstić information content (AvgIpc) is 3.11. The molecule has 1 saturated heterocycles. The van der Waals surface area contributed by atoms with Gasteiger partial charge in [-0.05, 0) is 43.2 Å². The van der Waals surface area contributed by atoms with Gasteiger partial charge in [0.05, 0.1) is 20.3 Å². The van der Waals surface area contributed by atoms with Crippen LogP contribution in [0.1, 0.15) is 24.4 Å². The maximum Gasteiger partial charge on any atom is 0.246 e. The highest BCUT2D eigenvalue weighted by Gasteiger charge is 2.38. The van der Waals surface area contributed by atoms with Crippen molar-refractivity contribution in [2.75, 3.05) is 20.8 Å². The van der Waals surface area contributed by atoms with Crippen LogP contribution in [0.4, 0.5) is 4.39 Å². The van der Waals surface area contributed by atoms with E-state index in [9.17, 15) is 12.8 Å². The Labute approximate surface area is 147 Å². The Hall–Kier alpha value is -2.12. The zero-order chi connectivity index (χ0) is 18.0. The first-order valence-corrected chi connectivity index (χ1v) is 9.41. The summed E-state index contributed by atoms with van der Waals surface area (Å²) < 4.78 is 52.1. The summed E-state index contributed by atoms with van der Waals surface area (Å²) in [6, 6.07) is 10.3. The van der Waals surface area contributed by atoms with Gasteiger partial charge in [0.2, 0.25) is 10.0 Å². The van der Waals surface area contributed by atoms with Crippen molar-refractivity contribution in [2.24, 2.45) is 0 Å². The Morgan fingerprint density at radius 2 is 1.88 bits per heavy atom. The lowest BCUT2D eigenvalue weighted by molar-refractivity contribution is 0.360. The van der Waals surface area contributed by atoms with Gasteiger partial charge in [-0.25, -0.2) is 12.8 Å². The second kappa shape index (κ2) is 7.01. The summed E-state index contributed by atoms with van der Waals surface area (Å²) >= 11 is 0. The summed E-state index contributed by atoms with van der Waals surface area (Å²) in [6.07, 6.45) is 1.33. The molecular formula is C18H20FNO4S. The van der Waals surface area contributed by atoms with Gasteiger partial charge in [-0.2, -0.15) is 4.31 Å². The maximum absolute atomic E-state index is 14.1. The first kappa shape index (κ1) is 17.7. The summed E-state index contributed by atoms with van der Waals surface area (Å²) in [5.74, 6) is 0.457. The first-order chi connectivity index (χ1) is 12.0. The molecule has 0 bridgehead atoms. The van der Waals surface area contributed by atoms with Crippen molar-refractivity contribution in [3.05, 3.63) is 53.8 Å². The van der Waals surface area contributed by atoms with Gasteiger partial charge in [0.1, 0.15) is 22.2 Å². The van der Waals surface area contributed by atoms with Crippen LogP contribution in [-0.4, -0.2) is 33.5 Å². The van der Waals surface area contributed by atoms with Crippen molar-refractivity contribution >= 4 is 10.0 Å². The lowest BCUT2D eigenvalue weighted by Gasteiger charge is -2.26. The molecule has 0 saturated carbocycles. The van der Waals surface area contributed by atoms with E-state index in [1.54, 1.807) is 25.3 Å². The van der Waals surface area contributed by atoms with Crippen molar-refractivity contribution in [1.29, 1.82) is 0 Å². The molecule has 1 atom stereocenters. The van der Waals surface area contributed by atoms with Gasteiger partial charge in [-0.1, -0.05) is 12.1 Å². The number of ether oxygens (including phenoxy) is 2. The molecule has 0 spiro atoms. The summed E-state index contributed by atoms with van der Waals surface area (Å²) in [4.78, 5) is -0.302. The normalized spacial score (nSPS) is 18.3. The minimum atomic E-state index is -3.95. The third-order valence-electron chi connectivity index (χ3n) is 4.42. The van der Waals surface area contributed by atoms with E-state index in [1.165, 1.54) is 29.6 Å². The highest BCUT2D eigenvalue weighted by molar-refractivity contribution is 7.89. The number of benzene rings is 2. The van der Waals surface area contributed by atoms with Crippen molar-refractivity contribution in [3.63, 3.8) is 0 Å². The van der Waals surface area contributed by atoms with Crippen molar-refractivity contribution < 1.29 is 22.3 Å². The second-order valence-electron chi connectivity index (χ2n) is 5.81. The first-order valence-electron chi connectivity index (χ1n) is 7.97. The topological polar surface area (TPSA) is 55.8 Å². The minimum Gasteiger partial charge on any atom is -0.497 e. The lowest BCUT2D eigenvalue weighted by Crippen LogP contribution is -2.31. The predicted octanol–water partition coefficient (Wildman–Crippen LogP) is 3.37. The predicted molar refractivity (Wildman–Crippen MR) is 91.8 cm³/mol. The molecule has 134 valence electrons. The highest BCUT2D eigenvalue weighted by atomic mass is 32.2. The summed E-state index contributed by atoms with van der Waals surface area (Å²) in [7, 11) is -0.862. The third kappa shape index (κ3) is 3.21. The number of methoxy groups -OCH3 is 2. The standard InChI is InChI=1S/C18H20FNO4S/c1-23-13-9-10-17(24-2)14(12-13)16-7-5-11-20(16)25(21,22)18-8-4-3-6-15(18)19/h3-4,6,8-10,12,16H,5,7,11H2,1-2H3. The van der Waals surface area contributed by atoms with Crippen molar-refractivity contribution in [3.8, 4) is 11.5 Å². The quantitative estimate of drug-likeness (QED) is 0.815. The molecular weight excluding hydrogens is 345 g/mol. The molecule has 25 heavy (non-hydrogen) atoms. The molecule has 2 aromatic carbocycles. The van der Waals surface area contributed by atoms with Gasteiger partial charge in [0.15, 0.2) is 0 Å². The SMILES string of the molecule is COc1ccc(OC)c(C2CCCN2S(=O)(=O)c2ccccc2F)c1. The number of hydrogen-bond acceptors (Lipinski definition) is 4. The third-order valence-corrected chi connectivity index (χ3v) is 6.36. The van der Waals surface area contributed by atoms with Gasteiger partial charge < -0.3 is 9.47 Å². The Morgan fingerprint density at radius 3 is 2.56 bits per heavy atom. The molecule has 2 aromatic rings. The fourth-order valence-electron chi connectivity index (χ4n) is 3.22. The molecule has 0 N–H and O–H groups in total. The van der Waals surface area contributed by atoms with Crippen LogP contribution < -0.4 is 9.47 Å². The van der Waals surface area contributed by atoms with Crippen LogP contribution in [0, 0.1) is 5.82 Å². The largest absolute Gasteiger partial charge is 0.497 e. The molecule has 3 rings (SSSR count). The molecule has 1 fully saturated rings. The van der Waals surface area contributed by atoms with E-state index >= 15 is 0 Å². The van der Waals surface area contributed by atoms with Crippen molar-refractivity contribution in [2.45, 2.75) is 23.8 Å². The Balaban J connectivity index is 2.06. The Bertz CT molecular complexity index is 869. The molecule has 1 aliphatic heterocycles. The number of rotatable bonds is 5. The van der Waals surface area contributed by atoms with Crippen LogP contribution in [0.15, 0.2) is 47.4 Å². The van der Waals surface area contributed by atoms with Crippen LogP contribution in [0.5, 0.6) is 11.5 Å². The van der Waals surface area contributed by atoms with E-state index in [4.69, 9.17) is 9.47 Å². The average molecular weight is 365 g/mol. The van der Waals surface area contributed by atoms with Gasteiger partial charge >= 0.3 is 0 Å². The summed E-state index contributed by atoms with van der Waals surface area (Å²) in [5.41, 5.74) is 0.722. The van der Waals surface area contributed by atoms with Gasteiger partial charge in [0, 0.05) is 12.1 Å². The molecule has 0 amide bonds. The van der Waals surface area contributed by atoms with Gasteiger partial charge in [0.25, 0.3) is 0 Å². The van der Waals surface area contributed by atoms with Crippen LogP contribution in [0.25, 0.3) is 0 Å². The van der Waals surface area contributed by atoms with E-state index in [0.717, 1.165) is 11.6 Å². The number of halogens is 1. The van der Waals surface area contributed by atoms with Gasteiger partial charge in [-0.15, -0.1) is 0 Å². The van der Waals surface area contributed by atoms with E-state index < -0.39 is 21.9 Å². The van der Waals surface area contributed by atoms with Gasteiger partial charge in [-0.3, -0.25) is 0 Å². The number of nitrogens with zero attached hydrogens (tertiary/aromatic N) is 1. The zero-order valence-electron chi connectivity index (χ0n) is 14.1. The molecule has 0 aromatic heterocycles. The van der Waals surface area contributed by atoms with Crippen LogP contribution >= 0.6 is 0 Å². The van der Waals surface area contributed by atoms with Crippen molar-refractivity contribution in [1.82, 2.24) is 4.31 Å². The van der Waals surface area contributed by atoms with Crippen LogP contribution in [-0.2, 0) is 10.0 Å². The second-order valence-corrected chi connectivity index (χ2v) is 7.67. The van der Waals surface area contributed by atoms with Crippen LogP contribution in [0.2, 0.25) is 0 Å². The Morgan fingerprint density at radius 1 is 1.12 bits per heavy atom. The molecule has 7 heteroatoms. The zero-order valence-corrected chi connectivity index (χ0v) is 14.9. The van der Waals surface area contributed by atoms with Crippen LogP contribution in [0.3, 0.4) is 0 Å². The minimum absolute atomic E-state index is 0.302. The lowest BCUT2D eigenvalue weighted by atomic mass is 10.0. The molecule has 1 heterocycles. The monoisotopic (exact) mass is 365 g/mol. The fourth-order valence-corrected chi connectivity index (χ4v) is 4.96.